The van der Waals surface area contributed by atoms with Gasteiger partial charge in [0.05, 0.1) is 28.9 Å². The zero-order chi connectivity index (χ0) is 20.0. The Morgan fingerprint density at radius 2 is 2.00 bits per heavy atom. The van der Waals surface area contributed by atoms with Crippen LogP contribution >= 0.6 is 23.2 Å². The van der Waals surface area contributed by atoms with Crippen molar-refractivity contribution in [3.8, 4) is 5.75 Å². The average Bonchev–Trinajstić information content (AvgIpc) is 2.57. The number of nitrogens with one attached hydrogen (secondary N) is 4. The van der Waals surface area contributed by atoms with Gasteiger partial charge in [-0.25, -0.2) is 15.3 Å². The molecule has 0 radical (unpaired) electrons. The van der Waals surface area contributed by atoms with Crippen molar-refractivity contribution in [2.24, 2.45) is 5.10 Å². The number of carbonyl (C=O) groups excluding carboxylic acids is 1. The Hall–Kier alpha value is -2.85. The highest BCUT2D eigenvalue weighted by Gasteiger charge is 2.11. The molecule has 10 nitrogen and oxygen atoms in total. The minimum Gasteiger partial charge on any atom is -0.488 e. The number of ether oxygens (including phenoxy) is 1. The highest BCUT2D eigenvalue weighted by atomic mass is 35.5. The Morgan fingerprint density at radius 3 is 2.59 bits per heavy atom. The number of hydrogen-bond acceptors (Lipinski definition) is 7. The van der Waals surface area contributed by atoms with Crippen molar-refractivity contribution in [2.45, 2.75) is 20.0 Å². The molecule has 0 aliphatic heterocycles. The summed E-state index contributed by atoms with van der Waals surface area (Å²) in [5.41, 5.74) is 1.31. The number of H-pyrrole nitrogens is 2. The molecule has 2 aromatic rings. The zero-order valence-corrected chi connectivity index (χ0v) is 15.8. The first kappa shape index (κ1) is 20.5. The number of hydrazone groups is 1. The van der Waals surface area contributed by atoms with Crippen LogP contribution in [0.3, 0.4) is 0 Å². The number of aromatic nitrogens is 3. The summed E-state index contributed by atoms with van der Waals surface area (Å²) in [5.74, 6) is -0.374. The summed E-state index contributed by atoms with van der Waals surface area (Å²) in [6.45, 7) is 3.41. The Balaban J connectivity index is 1.93. The van der Waals surface area contributed by atoms with Gasteiger partial charge < -0.3 is 10.1 Å². The van der Waals surface area contributed by atoms with E-state index >= 15 is 0 Å². The van der Waals surface area contributed by atoms with Gasteiger partial charge in [-0.05, 0) is 31.5 Å². The molecule has 12 heteroatoms. The molecule has 144 valence electrons. The Morgan fingerprint density at radius 1 is 1.33 bits per heavy atom. The molecule has 0 saturated carbocycles. The van der Waals surface area contributed by atoms with Crippen molar-refractivity contribution in [1.82, 2.24) is 20.6 Å². The fraction of sp³-hybridized carbons (Fsp3) is 0.267. The molecule has 0 aliphatic rings. The van der Waals surface area contributed by atoms with E-state index in [1.165, 1.54) is 6.21 Å². The summed E-state index contributed by atoms with van der Waals surface area (Å²) in [7, 11) is 0. The van der Waals surface area contributed by atoms with E-state index in [0.29, 0.717) is 21.4 Å². The number of halogens is 2. The van der Waals surface area contributed by atoms with Crippen molar-refractivity contribution in [3.05, 3.63) is 48.6 Å². The molecular formula is C15H16Cl2N6O4. The quantitative estimate of drug-likeness (QED) is 0.394. The van der Waals surface area contributed by atoms with E-state index in [1.54, 1.807) is 12.1 Å². The standard InChI is InChI=1S/C15H16Cl2N6O4/c1-7(2)27-12-9(16)3-8(4-10(12)17)5-19-21-11(24)6-18-13-14(25)20-15(26)23-22-13/h3-5,7H,6H2,1-2H3,(H,18,22)(H,21,24)(H2,20,23,25,26)/b19-5+. The fourth-order valence-electron chi connectivity index (χ4n) is 1.85. The van der Waals surface area contributed by atoms with Crippen LogP contribution in [0.2, 0.25) is 10.0 Å². The molecule has 27 heavy (non-hydrogen) atoms. The largest absolute Gasteiger partial charge is 0.488 e. The first-order valence-electron chi connectivity index (χ1n) is 7.66. The lowest BCUT2D eigenvalue weighted by Crippen LogP contribution is -2.31. The third-order valence-electron chi connectivity index (χ3n) is 2.90. The second kappa shape index (κ2) is 9.19. The second-order valence-corrected chi connectivity index (χ2v) is 6.30. The van der Waals surface area contributed by atoms with Crippen LogP contribution in [-0.4, -0.2) is 40.0 Å². The molecule has 4 N–H and O–H groups in total. The van der Waals surface area contributed by atoms with Crippen LogP contribution in [0.25, 0.3) is 0 Å². The monoisotopic (exact) mass is 414 g/mol. The predicted octanol–water partition coefficient (Wildman–Crippen LogP) is 1.11. The Kier molecular flexibility index (Phi) is 6.97. The van der Waals surface area contributed by atoms with Crippen LogP contribution < -0.4 is 26.7 Å². The summed E-state index contributed by atoms with van der Waals surface area (Å²) in [4.78, 5) is 36.0. The van der Waals surface area contributed by atoms with Gasteiger partial charge in [0.1, 0.15) is 0 Å². The molecule has 2 rings (SSSR count). The minimum absolute atomic E-state index is 0.0875. The SMILES string of the molecule is CC(C)Oc1c(Cl)cc(/C=N/NC(=O)CNc2n[nH]c(=O)[nH]c2=O)cc1Cl. The highest BCUT2D eigenvalue weighted by Crippen LogP contribution is 2.34. The summed E-state index contributed by atoms with van der Waals surface area (Å²) < 4.78 is 5.52. The lowest BCUT2D eigenvalue weighted by molar-refractivity contribution is -0.119. The number of aromatic amines is 2. The van der Waals surface area contributed by atoms with Gasteiger partial charge in [0.25, 0.3) is 11.5 Å². The zero-order valence-electron chi connectivity index (χ0n) is 14.3. The molecule has 0 atom stereocenters. The maximum absolute atomic E-state index is 11.7. The molecule has 0 aliphatic carbocycles. The lowest BCUT2D eigenvalue weighted by atomic mass is 10.2. The maximum Gasteiger partial charge on any atom is 0.342 e. The number of rotatable bonds is 7. The minimum atomic E-state index is -0.748. The molecule has 1 amide bonds. The number of nitrogens with zero attached hydrogens (tertiary/aromatic N) is 2. The van der Waals surface area contributed by atoms with Crippen molar-refractivity contribution in [1.29, 1.82) is 0 Å². The molecule has 1 aromatic heterocycles. The number of carbonyl (C=O) groups is 1. The highest BCUT2D eigenvalue weighted by molar-refractivity contribution is 6.37. The van der Waals surface area contributed by atoms with Crippen LogP contribution in [0.1, 0.15) is 19.4 Å². The van der Waals surface area contributed by atoms with Gasteiger partial charge >= 0.3 is 5.69 Å². The van der Waals surface area contributed by atoms with E-state index in [4.69, 9.17) is 27.9 Å². The summed E-state index contributed by atoms with van der Waals surface area (Å²) in [6.07, 6.45) is 1.26. The molecule has 0 fully saturated rings. The van der Waals surface area contributed by atoms with Crippen molar-refractivity contribution >= 4 is 41.1 Å². The molecule has 0 saturated heterocycles. The second-order valence-electron chi connectivity index (χ2n) is 5.48. The summed E-state index contributed by atoms with van der Waals surface area (Å²) >= 11 is 12.3. The van der Waals surface area contributed by atoms with Crippen LogP contribution in [0.4, 0.5) is 5.82 Å². The third-order valence-corrected chi connectivity index (χ3v) is 3.47. The van der Waals surface area contributed by atoms with Gasteiger partial charge in [-0.1, -0.05) is 23.2 Å². The van der Waals surface area contributed by atoms with Gasteiger partial charge in [0.15, 0.2) is 5.75 Å². The van der Waals surface area contributed by atoms with E-state index in [-0.39, 0.29) is 18.5 Å². The van der Waals surface area contributed by atoms with E-state index < -0.39 is 17.2 Å². The fourth-order valence-corrected chi connectivity index (χ4v) is 2.45. The van der Waals surface area contributed by atoms with Gasteiger partial charge in [-0.2, -0.15) is 5.10 Å². The Labute approximate surface area is 162 Å². The van der Waals surface area contributed by atoms with Crippen LogP contribution in [-0.2, 0) is 4.79 Å². The molecule has 0 bridgehead atoms. The van der Waals surface area contributed by atoms with Crippen molar-refractivity contribution in [3.63, 3.8) is 0 Å². The van der Waals surface area contributed by atoms with Gasteiger partial charge in [0, 0.05) is 0 Å². The van der Waals surface area contributed by atoms with Crippen molar-refractivity contribution < 1.29 is 9.53 Å². The molecule has 0 unspecified atom stereocenters. The molecular weight excluding hydrogens is 399 g/mol. The van der Waals surface area contributed by atoms with Crippen LogP contribution in [0.15, 0.2) is 26.8 Å². The summed E-state index contributed by atoms with van der Waals surface area (Å²) in [6, 6.07) is 3.17. The number of benzene rings is 1. The van der Waals surface area contributed by atoms with Gasteiger partial charge in [0.2, 0.25) is 5.82 Å². The number of anilines is 1. The Bertz CT molecular complexity index is 946. The number of hydrogen-bond donors (Lipinski definition) is 4. The van der Waals surface area contributed by atoms with E-state index in [9.17, 15) is 14.4 Å². The smallest absolute Gasteiger partial charge is 0.342 e. The number of amides is 1. The summed E-state index contributed by atoms with van der Waals surface area (Å²) in [5, 5.41) is 12.4. The van der Waals surface area contributed by atoms with E-state index in [1.807, 2.05) is 23.9 Å². The first-order valence-corrected chi connectivity index (χ1v) is 8.42. The van der Waals surface area contributed by atoms with Crippen LogP contribution in [0.5, 0.6) is 5.75 Å². The molecule has 0 spiro atoms. The predicted molar refractivity (Wildman–Crippen MR) is 102 cm³/mol. The first-order chi connectivity index (χ1) is 12.8. The maximum atomic E-state index is 11.7. The van der Waals surface area contributed by atoms with Gasteiger partial charge in [-0.15, -0.1) is 5.10 Å². The van der Waals surface area contributed by atoms with E-state index in [0.717, 1.165) is 0 Å². The van der Waals surface area contributed by atoms with Crippen molar-refractivity contribution in [2.75, 3.05) is 11.9 Å². The topological polar surface area (TPSA) is 141 Å². The average molecular weight is 415 g/mol. The van der Waals surface area contributed by atoms with Gasteiger partial charge in [-0.3, -0.25) is 14.6 Å². The van der Waals surface area contributed by atoms with Crippen LogP contribution in [0, 0.1) is 0 Å². The third kappa shape index (κ3) is 6.12. The van der Waals surface area contributed by atoms with E-state index in [2.05, 4.69) is 20.9 Å². The lowest BCUT2D eigenvalue weighted by Gasteiger charge is -2.13. The molecule has 1 aromatic carbocycles. The normalized spacial score (nSPS) is 11.0. The molecule has 1 heterocycles.